The molecular weight excluding hydrogens is 184 g/mol. The molecule has 0 saturated heterocycles. The molecule has 5 heteroatoms. The highest BCUT2D eigenvalue weighted by Gasteiger charge is 2.30. The van der Waals surface area contributed by atoms with Gasteiger partial charge in [-0.1, -0.05) is 13.3 Å². The molecule has 0 aliphatic rings. The summed E-state index contributed by atoms with van der Waals surface area (Å²) in [5, 5.41) is 2.66. The van der Waals surface area contributed by atoms with Gasteiger partial charge >= 0.3 is 6.09 Å². The number of amides is 2. The monoisotopic (exact) mass is 202 g/mol. The summed E-state index contributed by atoms with van der Waals surface area (Å²) in [4.78, 5) is 21.9. The zero-order valence-electron chi connectivity index (χ0n) is 8.92. The van der Waals surface area contributed by atoms with E-state index in [0.717, 1.165) is 12.8 Å². The average molecular weight is 202 g/mol. The van der Waals surface area contributed by atoms with Gasteiger partial charge in [0.15, 0.2) is 5.60 Å². The van der Waals surface area contributed by atoms with Crippen molar-refractivity contribution in [1.29, 1.82) is 0 Å². The molecule has 0 heterocycles. The van der Waals surface area contributed by atoms with Gasteiger partial charge in [0.05, 0.1) is 0 Å². The number of carbonyl (C=O) groups is 2. The molecule has 0 unspecified atom stereocenters. The molecule has 0 saturated carbocycles. The van der Waals surface area contributed by atoms with Crippen molar-refractivity contribution in [2.24, 2.45) is 5.73 Å². The molecule has 82 valence electrons. The molecule has 0 aromatic heterocycles. The van der Waals surface area contributed by atoms with Crippen LogP contribution in [0.15, 0.2) is 0 Å². The quantitative estimate of drug-likeness (QED) is 0.646. The van der Waals surface area contributed by atoms with E-state index in [-0.39, 0.29) is 5.91 Å². The first-order valence-corrected chi connectivity index (χ1v) is 4.67. The van der Waals surface area contributed by atoms with Crippen LogP contribution in [0.25, 0.3) is 0 Å². The van der Waals surface area contributed by atoms with E-state index in [2.05, 4.69) is 10.1 Å². The second-order valence-electron chi connectivity index (χ2n) is 3.54. The lowest BCUT2D eigenvalue weighted by molar-refractivity contribution is -0.136. The molecule has 0 aromatic carbocycles. The Morgan fingerprint density at radius 2 is 2.00 bits per heavy atom. The Morgan fingerprint density at radius 3 is 2.43 bits per heavy atom. The van der Waals surface area contributed by atoms with Crippen molar-refractivity contribution < 1.29 is 14.3 Å². The molecular formula is C9H18N2O3. The van der Waals surface area contributed by atoms with Gasteiger partial charge in [-0.25, -0.2) is 4.79 Å². The number of primary amides is 1. The van der Waals surface area contributed by atoms with Crippen LogP contribution in [0.4, 0.5) is 4.79 Å². The third-order valence-corrected chi connectivity index (χ3v) is 1.72. The lowest BCUT2D eigenvalue weighted by Gasteiger charge is -2.22. The first-order chi connectivity index (χ1) is 6.40. The van der Waals surface area contributed by atoms with Gasteiger partial charge in [0.1, 0.15) is 0 Å². The summed E-state index contributed by atoms with van der Waals surface area (Å²) in [6.45, 7) is 5.61. The van der Waals surface area contributed by atoms with Crippen LogP contribution in [0.3, 0.4) is 0 Å². The zero-order chi connectivity index (χ0) is 11.2. The van der Waals surface area contributed by atoms with Gasteiger partial charge < -0.3 is 15.8 Å². The summed E-state index contributed by atoms with van der Waals surface area (Å²) >= 11 is 0. The highest BCUT2D eigenvalue weighted by molar-refractivity contribution is 5.86. The van der Waals surface area contributed by atoms with E-state index in [9.17, 15) is 9.59 Å². The fraction of sp³-hybridized carbons (Fsp3) is 0.778. The molecule has 0 aromatic rings. The van der Waals surface area contributed by atoms with E-state index >= 15 is 0 Å². The predicted octanol–water partition coefficient (Wildman–Crippen LogP) is 0.777. The molecule has 0 atom stereocenters. The fourth-order valence-corrected chi connectivity index (χ4v) is 0.889. The minimum atomic E-state index is -1.19. The molecule has 5 nitrogen and oxygen atoms in total. The maximum Gasteiger partial charge on any atom is 0.405 e. The van der Waals surface area contributed by atoms with E-state index in [1.165, 1.54) is 13.8 Å². The number of hydrogen-bond acceptors (Lipinski definition) is 3. The smallest absolute Gasteiger partial charge is 0.405 e. The second-order valence-corrected chi connectivity index (χ2v) is 3.54. The van der Waals surface area contributed by atoms with Crippen molar-refractivity contribution >= 4 is 12.0 Å². The molecule has 3 N–H and O–H groups in total. The highest BCUT2D eigenvalue weighted by atomic mass is 16.6. The van der Waals surface area contributed by atoms with Gasteiger partial charge in [-0.2, -0.15) is 0 Å². The van der Waals surface area contributed by atoms with Crippen LogP contribution in [0.2, 0.25) is 0 Å². The maximum atomic E-state index is 11.4. The molecule has 0 spiro atoms. The first-order valence-electron chi connectivity index (χ1n) is 4.67. The Morgan fingerprint density at radius 1 is 1.43 bits per heavy atom. The van der Waals surface area contributed by atoms with Gasteiger partial charge in [0.25, 0.3) is 5.91 Å². The Labute approximate surface area is 84.0 Å². The van der Waals surface area contributed by atoms with Gasteiger partial charge in [0.2, 0.25) is 0 Å². The second kappa shape index (κ2) is 5.47. The number of rotatable bonds is 5. The number of carbonyl (C=O) groups excluding carboxylic acids is 2. The Bertz CT molecular complexity index is 214. The van der Waals surface area contributed by atoms with Crippen molar-refractivity contribution in [3.05, 3.63) is 0 Å². The van der Waals surface area contributed by atoms with Crippen LogP contribution in [0.1, 0.15) is 33.6 Å². The molecule has 0 bridgehead atoms. The summed E-state index contributed by atoms with van der Waals surface area (Å²) in [6.07, 6.45) is 0.955. The van der Waals surface area contributed by atoms with E-state index in [0.29, 0.717) is 6.54 Å². The Hall–Kier alpha value is -1.26. The van der Waals surface area contributed by atoms with Crippen LogP contribution >= 0.6 is 0 Å². The van der Waals surface area contributed by atoms with Crippen LogP contribution in [0, 0.1) is 0 Å². The van der Waals surface area contributed by atoms with Crippen LogP contribution in [-0.4, -0.2) is 24.1 Å². The normalized spacial score (nSPS) is 10.8. The third kappa shape index (κ3) is 4.69. The summed E-state index contributed by atoms with van der Waals surface area (Å²) in [6, 6.07) is 0. The number of nitrogens with two attached hydrogens (primary N) is 1. The van der Waals surface area contributed by atoms with Gasteiger partial charge in [-0.05, 0) is 20.3 Å². The lowest BCUT2D eigenvalue weighted by Crippen LogP contribution is -2.46. The predicted molar refractivity (Wildman–Crippen MR) is 52.7 cm³/mol. The number of ether oxygens (including phenoxy) is 1. The largest absolute Gasteiger partial charge is 0.434 e. The van der Waals surface area contributed by atoms with E-state index < -0.39 is 11.7 Å². The number of hydrogen-bond donors (Lipinski definition) is 2. The van der Waals surface area contributed by atoms with Gasteiger partial charge in [0, 0.05) is 6.54 Å². The summed E-state index contributed by atoms with van der Waals surface area (Å²) in [5.74, 6) is -0.329. The van der Waals surface area contributed by atoms with Crippen molar-refractivity contribution in [2.45, 2.75) is 39.2 Å². The zero-order valence-corrected chi connectivity index (χ0v) is 8.92. The summed E-state index contributed by atoms with van der Waals surface area (Å²) in [7, 11) is 0. The van der Waals surface area contributed by atoms with Gasteiger partial charge in [-0.15, -0.1) is 0 Å². The molecule has 0 aliphatic heterocycles. The van der Waals surface area contributed by atoms with Crippen molar-refractivity contribution in [1.82, 2.24) is 5.32 Å². The molecule has 0 aliphatic carbocycles. The van der Waals surface area contributed by atoms with Crippen LogP contribution in [-0.2, 0) is 9.53 Å². The molecule has 14 heavy (non-hydrogen) atoms. The number of unbranched alkanes of at least 4 members (excludes halogenated alkanes) is 1. The summed E-state index contributed by atoms with van der Waals surface area (Å²) in [5.41, 5.74) is 3.64. The van der Waals surface area contributed by atoms with Crippen LogP contribution in [0.5, 0.6) is 0 Å². The number of nitrogens with one attached hydrogen (secondary N) is 1. The van der Waals surface area contributed by atoms with Gasteiger partial charge in [-0.3, -0.25) is 4.79 Å². The summed E-state index contributed by atoms with van der Waals surface area (Å²) < 4.78 is 4.66. The van der Waals surface area contributed by atoms with E-state index in [1.807, 2.05) is 6.92 Å². The molecule has 0 rings (SSSR count). The fourth-order valence-electron chi connectivity index (χ4n) is 0.889. The van der Waals surface area contributed by atoms with Crippen LogP contribution < -0.4 is 11.1 Å². The van der Waals surface area contributed by atoms with Crippen molar-refractivity contribution in [2.75, 3.05) is 6.54 Å². The first kappa shape index (κ1) is 12.7. The standard InChI is InChI=1S/C9H18N2O3/c1-4-5-6-11-7(12)9(2,3)14-8(10)13/h4-6H2,1-3H3,(H2,10,13)(H,11,12). The Balaban J connectivity index is 4.01. The van der Waals surface area contributed by atoms with E-state index in [4.69, 9.17) is 5.73 Å². The lowest BCUT2D eigenvalue weighted by atomic mass is 10.1. The minimum Gasteiger partial charge on any atom is -0.434 e. The highest BCUT2D eigenvalue weighted by Crippen LogP contribution is 2.08. The molecule has 2 amide bonds. The SMILES string of the molecule is CCCCNC(=O)C(C)(C)OC(N)=O. The maximum absolute atomic E-state index is 11.4. The minimum absolute atomic E-state index is 0.329. The van der Waals surface area contributed by atoms with Crippen molar-refractivity contribution in [3.8, 4) is 0 Å². The van der Waals surface area contributed by atoms with E-state index in [1.54, 1.807) is 0 Å². The topological polar surface area (TPSA) is 81.4 Å². The average Bonchev–Trinajstić information content (AvgIpc) is 2.02. The van der Waals surface area contributed by atoms with Crippen molar-refractivity contribution in [3.63, 3.8) is 0 Å². The Kier molecular flexibility index (Phi) is 4.97. The third-order valence-electron chi connectivity index (χ3n) is 1.72. The molecule has 0 fully saturated rings. The molecule has 0 radical (unpaired) electrons.